The van der Waals surface area contributed by atoms with Gasteiger partial charge in [-0.1, -0.05) is 0 Å². The van der Waals surface area contributed by atoms with Gasteiger partial charge in [-0.3, -0.25) is 0 Å². The molecule has 88 valence electrons. The number of aliphatic hydroxyl groups is 1. The van der Waals surface area contributed by atoms with Crippen molar-refractivity contribution in [2.45, 2.75) is 18.4 Å². The maximum atomic E-state index is 10.2. The Bertz CT molecular complexity index is 352. The summed E-state index contributed by atoms with van der Waals surface area (Å²) in [6.07, 6.45) is 2.86. The van der Waals surface area contributed by atoms with Gasteiger partial charge in [0.2, 0.25) is 5.95 Å². The molecule has 0 amide bonds. The van der Waals surface area contributed by atoms with Crippen LogP contribution >= 0.6 is 0 Å². The van der Waals surface area contributed by atoms with E-state index in [4.69, 9.17) is 10.5 Å². The van der Waals surface area contributed by atoms with Crippen LogP contribution in [0.2, 0.25) is 0 Å². The number of hydrogen-bond acceptors (Lipinski definition) is 6. The predicted molar refractivity (Wildman–Crippen MR) is 59.9 cm³/mol. The van der Waals surface area contributed by atoms with Crippen LogP contribution in [0.3, 0.4) is 0 Å². The molecule has 0 unspecified atom stereocenters. The SMILES string of the molecule is Nc1nccc(NCC2(O)CCOCC2)n1. The third kappa shape index (κ3) is 2.80. The summed E-state index contributed by atoms with van der Waals surface area (Å²) in [6, 6.07) is 1.72. The lowest BCUT2D eigenvalue weighted by Gasteiger charge is -2.32. The maximum Gasteiger partial charge on any atom is 0.221 e. The average molecular weight is 224 g/mol. The minimum Gasteiger partial charge on any atom is -0.388 e. The molecular formula is C10H16N4O2. The van der Waals surface area contributed by atoms with Gasteiger partial charge in [-0.05, 0) is 6.07 Å². The zero-order valence-electron chi connectivity index (χ0n) is 9.02. The number of nitrogen functional groups attached to an aromatic ring is 1. The Morgan fingerprint density at radius 1 is 1.50 bits per heavy atom. The minimum absolute atomic E-state index is 0.226. The summed E-state index contributed by atoms with van der Waals surface area (Å²) in [6.45, 7) is 1.65. The normalized spacial score (nSPS) is 19.3. The standard InChI is InChI=1S/C10H16N4O2/c11-9-12-4-1-8(14-9)13-7-10(15)2-5-16-6-3-10/h1,4,15H,2-3,5-7H2,(H3,11,12,13,14). The second-order valence-electron chi connectivity index (χ2n) is 3.99. The number of hydrogen-bond donors (Lipinski definition) is 3. The van der Waals surface area contributed by atoms with Gasteiger partial charge in [-0.2, -0.15) is 4.98 Å². The molecule has 1 aromatic rings. The van der Waals surface area contributed by atoms with E-state index in [9.17, 15) is 5.11 Å². The van der Waals surface area contributed by atoms with Crippen molar-refractivity contribution in [3.63, 3.8) is 0 Å². The molecule has 0 spiro atoms. The van der Waals surface area contributed by atoms with Crippen LogP contribution < -0.4 is 11.1 Å². The van der Waals surface area contributed by atoms with Gasteiger partial charge in [0.05, 0.1) is 5.60 Å². The fraction of sp³-hybridized carbons (Fsp3) is 0.600. The van der Waals surface area contributed by atoms with E-state index in [0.717, 1.165) is 0 Å². The van der Waals surface area contributed by atoms with Crippen molar-refractivity contribution in [1.29, 1.82) is 0 Å². The first kappa shape index (κ1) is 11.1. The van der Waals surface area contributed by atoms with Crippen molar-refractivity contribution in [2.24, 2.45) is 0 Å². The van der Waals surface area contributed by atoms with E-state index < -0.39 is 5.60 Å². The molecule has 0 atom stereocenters. The predicted octanol–water partition coefficient (Wildman–Crippen LogP) is 0.0122. The number of nitrogens with zero attached hydrogens (tertiary/aromatic N) is 2. The molecular weight excluding hydrogens is 208 g/mol. The Morgan fingerprint density at radius 3 is 2.94 bits per heavy atom. The third-order valence-corrected chi connectivity index (χ3v) is 2.70. The highest BCUT2D eigenvalue weighted by Crippen LogP contribution is 2.20. The molecule has 6 nitrogen and oxygen atoms in total. The van der Waals surface area contributed by atoms with Gasteiger partial charge in [-0.15, -0.1) is 0 Å². The monoisotopic (exact) mass is 224 g/mol. The van der Waals surface area contributed by atoms with Crippen LogP contribution in [0, 0.1) is 0 Å². The molecule has 0 aromatic carbocycles. The van der Waals surface area contributed by atoms with Gasteiger partial charge >= 0.3 is 0 Å². The topological polar surface area (TPSA) is 93.3 Å². The molecule has 1 aromatic heterocycles. The van der Waals surface area contributed by atoms with E-state index in [-0.39, 0.29) is 5.95 Å². The van der Waals surface area contributed by atoms with Crippen molar-refractivity contribution < 1.29 is 9.84 Å². The molecule has 4 N–H and O–H groups in total. The molecule has 0 bridgehead atoms. The van der Waals surface area contributed by atoms with Gasteiger partial charge in [0.1, 0.15) is 5.82 Å². The second-order valence-corrected chi connectivity index (χ2v) is 3.99. The fourth-order valence-corrected chi connectivity index (χ4v) is 1.66. The molecule has 1 aliphatic rings. The van der Waals surface area contributed by atoms with E-state index in [1.807, 2.05) is 0 Å². The lowest BCUT2D eigenvalue weighted by Crippen LogP contribution is -2.42. The number of nitrogens with one attached hydrogen (secondary N) is 1. The highest BCUT2D eigenvalue weighted by Gasteiger charge is 2.29. The number of ether oxygens (including phenoxy) is 1. The van der Waals surface area contributed by atoms with Crippen LogP contribution in [0.25, 0.3) is 0 Å². The van der Waals surface area contributed by atoms with Crippen LogP contribution in [0.5, 0.6) is 0 Å². The first-order valence-corrected chi connectivity index (χ1v) is 5.30. The summed E-state index contributed by atoms with van der Waals surface area (Å²) in [4.78, 5) is 7.80. The second kappa shape index (κ2) is 4.63. The van der Waals surface area contributed by atoms with Gasteiger partial charge in [0.25, 0.3) is 0 Å². The van der Waals surface area contributed by atoms with E-state index in [1.54, 1.807) is 12.3 Å². The van der Waals surface area contributed by atoms with E-state index >= 15 is 0 Å². The first-order valence-electron chi connectivity index (χ1n) is 5.30. The number of aromatic nitrogens is 2. The Balaban J connectivity index is 1.91. The molecule has 0 aliphatic carbocycles. The first-order chi connectivity index (χ1) is 7.68. The summed E-state index contributed by atoms with van der Waals surface area (Å²) >= 11 is 0. The molecule has 0 saturated carbocycles. The van der Waals surface area contributed by atoms with Gasteiger partial charge in [0.15, 0.2) is 0 Å². The Hall–Kier alpha value is -1.40. The van der Waals surface area contributed by atoms with E-state index in [1.165, 1.54) is 0 Å². The smallest absolute Gasteiger partial charge is 0.221 e. The van der Waals surface area contributed by atoms with Gasteiger partial charge in [0, 0.05) is 38.8 Å². The number of rotatable bonds is 3. The quantitative estimate of drug-likeness (QED) is 0.669. The fourth-order valence-electron chi connectivity index (χ4n) is 1.66. The summed E-state index contributed by atoms with van der Waals surface area (Å²) < 4.78 is 5.20. The summed E-state index contributed by atoms with van der Waals surface area (Å²) in [5, 5.41) is 13.2. The summed E-state index contributed by atoms with van der Waals surface area (Å²) in [5.41, 5.74) is 4.75. The molecule has 2 heterocycles. The number of anilines is 2. The molecule has 0 radical (unpaired) electrons. The van der Waals surface area contributed by atoms with Crippen molar-refractivity contribution >= 4 is 11.8 Å². The zero-order chi connectivity index (χ0) is 11.4. The summed E-state index contributed by atoms with van der Waals surface area (Å²) in [7, 11) is 0. The molecule has 6 heteroatoms. The summed E-state index contributed by atoms with van der Waals surface area (Å²) in [5.74, 6) is 0.858. The Kier molecular flexibility index (Phi) is 3.21. The van der Waals surface area contributed by atoms with Gasteiger partial charge in [-0.25, -0.2) is 4.98 Å². The maximum absolute atomic E-state index is 10.2. The van der Waals surface area contributed by atoms with Crippen LogP contribution in [0.4, 0.5) is 11.8 Å². The Labute approximate surface area is 93.9 Å². The third-order valence-electron chi connectivity index (χ3n) is 2.70. The lowest BCUT2D eigenvalue weighted by atomic mass is 9.94. The highest BCUT2D eigenvalue weighted by molar-refractivity contribution is 5.37. The number of nitrogens with two attached hydrogens (primary N) is 1. The molecule has 1 saturated heterocycles. The molecule has 1 fully saturated rings. The van der Waals surface area contributed by atoms with E-state index in [2.05, 4.69) is 15.3 Å². The zero-order valence-corrected chi connectivity index (χ0v) is 9.02. The van der Waals surface area contributed by atoms with Crippen LogP contribution in [0.1, 0.15) is 12.8 Å². The minimum atomic E-state index is -0.710. The molecule has 1 aliphatic heterocycles. The van der Waals surface area contributed by atoms with Crippen LogP contribution in [-0.4, -0.2) is 40.4 Å². The highest BCUT2D eigenvalue weighted by atomic mass is 16.5. The lowest BCUT2D eigenvalue weighted by molar-refractivity contribution is -0.0543. The van der Waals surface area contributed by atoms with Crippen molar-refractivity contribution in [1.82, 2.24) is 9.97 Å². The Morgan fingerprint density at radius 2 is 2.25 bits per heavy atom. The largest absolute Gasteiger partial charge is 0.388 e. The molecule has 2 rings (SSSR count). The van der Waals surface area contributed by atoms with Crippen molar-refractivity contribution in [3.8, 4) is 0 Å². The van der Waals surface area contributed by atoms with Crippen molar-refractivity contribution in [3.05, 3.63) is 12.3 Å². The van der Waals surface area contributed by atoms with Gasteiger partial charge < -0.3 is 20.9 Å². The van der Waals surface area contributed by atoms with Crippen LogP contribution in [0.15, 0.2) is 12.3 Å². The molecule has 16 heavy (non-hydrogen) atoms. The van der Waals surface area contributed by atoms with E-state index in [0.29, 0.717) is 38.4 Å². The van der Waals surface area contributed by atoms with Crippen molar-refractivity contribution in [2.75, 3.05) is 30.8 Å². The average Bonchev–Trinajstić information content (AvgIpc) is 2.28. The van der Waals surface area contributed by atoms with Crippen LogP contribution in [-0.2, 0) is 4.74 Å².